The highest BCUT2D eigenvalue weighted by Crippen LogP contribution is 2.49. The Kier molecular flexibility index (Phi) is 8.02. The number of imide groups is 1. The summed E-state index contributed by atoms with van der Waals surface area (Å²) in [5, 5.41) is 3.17. The number of nitrogens with zero attached hydrogens (tertiary/aromatic N) is 1. The molecule has 1 atom stereocenters. The molecule has 0 spiro atoms. The van der Waals surface area contributed by atoms with Crippen molar-refractivity contribution < 1.29 is 33.0 Å². The second kappa shape index (κ2) is 10.1. The number of carbonyl (C=O) groups excluding carboxylic acids is 3. The summed E-state index contributed by atoms with van der Waals surface area (Å²) in [4.78, 5) is 40.1. The minimum absolute atomic E-state index is 0.0102. The number of nitrogens with one attached hydrogen (secondary N) is 1. The fourth-order valence-electron chi connectivity index (χ4n) is 2.66. The molecule has 1 heterocycles. The third kappa shape index (κ3) is 7.21. The Hall–Kier alpha value is -2.66. The molecule has 1 aromatic rings. The Bertz CT molecular complexity index is 903. The molecule has 2 amide bonds. The minimum atomic E-state index is -3.68. The lowest BCUT2D eigenvalue weighted by molar-refractivity contribution is -0.172. The van der Waals surface area contributed by atoms with Crippen molar-refractivity contribution in [2.45, 2.75) is 58.7 Å². The van der Waals surface area contributed by atoms with E-state index < -0.39 is 30.9 Å². The van der Waals surface area contributed by atoms with E-state index in [1.54, 1.807) is 13.8 Å². The van der Waals surface area contributed by atoms with E-state index in [1.807, 2.05) is 13.8 Å². The van der Waals surface area contributed by atoms with Crippen molar-refractivity contribution in [3.8, 4) is 12.1 Å². The van der Waals surface area contributed by atoms with Gasteiger partial charge < -0.3 is 14.7 Å². The van der Waals surface area contributed by atoms with Crippen LogP contribution in [0.25, 0.3) is 0 Å². The summed E-state index contributed by atoms with van der Waals surface area (Å²) in [5.41, 5.74) is 1.84. The molecule has 31 heavy (non-hydrogen) atoms. The molecule has 1 unspecified atom stereocenters. The number of hydrogen-bond acceptors (Lipinski definition) is 7. The fraction of sp³-hybridized carbons (Fsp3) is 0.476. The van der Waals surface area contributed by atoms with Crippen LogP contribution in [0.2, 0.25) is 0 Å². The lowest BCUT2D eigenvalue weighted by atomic mass is 10.1. The molecule has 1 N–H and O–H groups in total. The van der Waals surface area contributed by atoms with Crippen LogP contribution in [0, 0.1) is 12.1 Å². The van der Waals surface area contributed by atoms with Crippen LogP contribution >= 0.6 is 7.52 Å². The Morgan fingerprint density at radius 1 is 1.23 bits per heavy atom. The topological polar surface area (TPSA) is 111 Å². The molecule has 0 saturated carbocycles. The van der Waals surface area contributed by atoms with Crippen molar-refractivity contribution in [1.29, 1.82) is 0 Å². The van der Waals surface area contributed by atoms with Gasteiger partial charge in [0.15, 0.2) is 0 Å². The summed E-state index contributed by atoms with van der Waals surface area (Å²) in [7, 11) is -3.68. The van der Waals surface area contributed by atoms with Crippen molar-refractivity contribution in [3.05, 3.63) is 29.8 Å². The maximum Gasteiger partial charge on any atom is 0.367 e. The first-order chi connectivity index (χ1) is 14.4. The number of hydroxylamine groups is 2. The molecular weight excluding hydrogens is 423 g/mol. The Morgan fingerprint density at radius 2 is 1.81 bits per heavy atom. The van der Waals surface area contributed by atoms with Crippen LogP contribution in [0.5, 0.6) is 0 Å². The third-order valence-electron chi connectivity index (χ3n) is 4.28. The van der Waals surface area contributed by atoms with Gasteiger partial charge in [-0.05, 0) is 58.4 Å². The zero-order valence-corrected chi connectivity index (χ0v) is 18.9. The first-order valence-corrected chi connectivity index (χ1v) is 11.4. The molecule has 9 nitrogen and oxygen atoms in total. The Labute approximate surface area is 181 Å². The molecule has 2 rings (SSSR count). The standard InChI is InChI=1S/C21H27N2O7P/c1-6-31(27,30-21(4,5)13-14-28-15(2)3)22-17-9-7-16(8-10-17)20(26)29-23-18(24)11-12-19(23)25/h1,7-10,15H,11-14H2,2-5H3,(H,22,27). The van der Waals surface area contributed by atoms with Crippen LogP contribution in [0.4, 0.5) is 5.69 Å². The molecule has 0 bridgehead atoms. The van der Waals surface area contributed by atoms with Crippen LogP contribution < -0.4 is 5.09 Å². The smallest absolute Gasteiger partial charge is 0.367 e. The molecular formula is C21H27N2O7P. The van der Waals surface area contributed by atoms with E-state index in [0.29, 0.717) is 23.8 Å². The van der Waals surface area contributed by atoms with Gasteiger partial charge in [0.2, 0.25) is 0 Å². The number of anilines is 1. The van der Waals surface area contributed by atoms with E-state index in [1.165, 1.54) is 24.3 Å². The second-order valence-electron chi connectivity index (χ2n) is 7.85. The van der Waals surface area contributed by atoms with Gasteiger partial charge in [0.25, 0.3) is 11.8 Å². The minimum Gasteiger partial charge on any atom is -0.379 e. The summed E-state index contributed by atoms with van der Waals surface area (Å²) in [6.45, 7) is 7.79. The summed E-state index contributed by atoms with van der Waals surface area (Å²) < 4.78 is 24.2. The van der Waals surface area contributed by atoms with Crippen molar-refractivity contribution in [2.75, 3.05) is 11.7 Å². The van der Waals surface area contributed by atoms with E-state index in [-0.39, 0.29) is 24.5 Å². The maximum absolute atomic E-state index is 13.0. The van der Waals surface area contributed by atoms with Crippen LogP contribution in [-0.2, 0) is 28.3 Å². The van der Waals surface area contributed by atoms with Crippen molar-refractivity contribution in [1.82, 2.24) is 5.06 Å². The van der Waals surface area contributed by atoms with Gasteiger partial charge in [0.1, 0.15) is 0 Å². The molecule has 1 fully saturated rings. The molecule has 0 radical (unpaired) electrons. The largest absolute Gasteiger partial charge is 0.379 e. The number of hydrogen-bond donors (Lipinski definition) is 1. The quantitative estimate of drug-likeness (QED) is 0.326. The number of rotatable bonds is 10. The highest BCUT2D eigenvalue weighted by Gasteiger charge is 2.33. The lowest BCUT2D eigenvalue weighted by Crippen LogP contribution is -2.32. The number of terminal acetylenes is 1. The van der Waals surface area contributed by atoms with Gasteiger partial charge >= 0.3 is 13.5 Å². The van der Waals surface area contributed by atoms with Crippen LogP contribution in [-0.4, -0.2) is 41.2 Å². The van der Waals surface area contributed by atoms with Crippen LogP contribution in [0.3, 0.4) is 0 Å². The van der Waals surface area contributed by atoms with Crippen LogP contribution in [0.15, 0.2) is 24.3 Å². The van der Waals surface area contributed by atoms with Gasteiger partial charge in [-0.3, -0.25) is 18.7 Å². The zero-order chi connectivity index (χ0) is 23.2. The first kappa shape index (κ1) is 24.6. The van der Waals surface area contributed by atoms with E-state index in [2.05, 4.69) is 10.7 Å². The predicted octanol–water partition coefficient (Wildman–Crippen LogP) is 3.71. The predicted molar refractivity (Wildman–Crippen MR) is 114 cm³/mol. The average Bonchev–Trinajstić information content (AvgIpc) is 2.99. The van der Waals surface area contributed by atoms with Crippen molar-refractivity contribution >= 4 is 31.0 Å². The fourth-order valence-corrected chi connectivity index (χ4v) is 4.10. The third-order valence-corrected chi connectivity index (χ3v) is 5.92. The van der Waals surface area contributed by atoms with Gasteiger partial charge in [-0.25, -0.2) is 4.79 Å². The number of amides is 2. The second-order valence-corrected chi connectivity index (χ2v) is 9.62. The molecule has 1 aromatic carbocycles. The molecule has 10 heteroatoms. The molecule has 0 aromatic heterocycles. The summed E-state index contributed by atoms with van der Waals surface area (Å²) in [6.07, 6.45) is 6.03. The average molecular weight is 450 g/mol. The maximum atomic E-state index is 13.0. The van der Waals surface area contributed by atoms with Gasteiger partial charge in [0.05, 0.1) is 17.3 Å². The Balaban J connectivity index is 2.00. The molecule has 1 aliphatic heterocycles. The normalized spacial score (nSPS) is 16.2. The lowest BCUT2D eigenvalue weighted by Gasteiger charge is -2.29. The molecule has 1 saturated heterocycles. The number of benzene rings is 1. The summed E-state index contributed by atoms with van der Waals surface area (Å²) in [6, 6.07) is 5.70. The highest BCUT2D eigenvalue weighted by molar-refractivity contribution is 7.65. The van der Waals surface area contributed by atoms with Gasteiger partial charge in [0, 0.05) is 30.8 Å². The Morgan fingerprint density at radius 3 is 2.32 bits per heavy atom. The van der Waals surface area contributed by atoms with Gasteiger partial charge in [-0.1, -0.05) is 0 Å². The van der Waals surface area contributed by atoms with Crippen molar-refractivity contribution in [2.24, 2.45) is 0 Å². The first-order valence-electron chi connectivity index (χ1n) is 9.81. The molecule has 1 aliphatic rings. The monoisotopic (exact) mass is 450 g/mol. The van der Waals surface area contributed by atoms with E-state index in [9.17, 15) is 18.9 Å². The van der Waals surface area contributed by atoms with Crippen molar-refractivity contribution in [3.63, 3.8) is 0 Å². The number of carbonyl (C=O) groups is 3. The van der Waals surface area contributed by atoms with Gasteiger partial charge in [-0.15, -0.1) is 11.5 Å². The van der Waals surface area contributed by atoms with Crippen LogP contribution in [0.1, 0.15) is 57.3 Å². The number of ether oxygens (including phenoxy) is 1. The SMILES string of the molecule is C#CP(=O)(Nc1ccc(C(=O)ON2C(=O)CCC2=O)cc1)OC(C)(C)CCOC(C)C. The zero-order valence-electron chi connectivity index (χ0n) is 18.0. The van der Waals surface area contributed by atoms with E-state index in [4.69, 9.17) is 20.5 Å². The molecule has 0 aliphatic carbocycles. The summed E-state index contributed by atoms with van der Waals surface area (Å²) >= 11 is 0. The highest BCUT2D eigenvalue weighted by atomic mass is 31.2. The van der Waals surface area contributed by atoms with E-state index >= 15 is 0 Å². The van der Waals surface area contributed by atoms with E-state index in [0.717, 1.165) is 0 Å². The molecule has 168 valence electrons. The van der Waals surface area contributed by atoms with Gasteiger partial charge in [-0.2, -0.15) is 0 Å². The summed E-state index contributed by atoms with van der Waals surface area (Å²) in [5.74, 6) is -1.99.